The lowest BCUT2D eigenvalue weighted by molar-refractivity contribution is 0.0462. The molecular formula is C23H38N4O4. The molecule has 1 fully saturated rings. The molecule has 31 heavy (non-hydrogen) atoms. The lowest BCUT2D eigenvalue weighted by Crippen LogP contribution is -2.56. The van der Waals surface area contributed by atoms with Crippen molar-refractivity contribution >= 4 is 17.9 Å². The number of alkyl carbamates (subject to hydrolysis) is 1. The van der Waals surface area contributed by atoms with Crippen LogP contribution in [0.25, 0.3) is 0 Å². The van der Waals surface area contributed by atoms with Gasteiger partial charge in [-0.05, 0) is 84.9 Å². The van der Waals surface area contributed by atoms with Crippen molar-refractivity contribution in [3.63, 3.8) is 0 Å². The molecule has 3 N–H and O–H groups in total. The number of rotatable bonds is 4. The van der Waals surface area contributed by atoms with E-state index in [1.807, 2.05) is 54.7 Å². The van der Waals surface area contributed by atoms with Crippen LogP contribution in [-0.4, -0.2) is 47.5 Å². The smallest absolute Gasteiger partial charge is 0.412 e. The average molecular weight is 435 g/mol. The monoisotopic (exact) mass is 434 g/mol. The summed E-state index contributed by atoms with van der Waals surface area (Å²) in [5.74, 6) is 0.429. The molecule has 0 aromatic carbocycles. The lowest BCUT2D eigenvalue weighted by atomic mass is 9.73. The molecule has 2 rings (SSSR count). The first-order valence-electron chi connectivity index (χ1n) is 10.9. The first-order valence-corrected chi connectivity index (χ1v) is 10.9. The van der Waals surface area contributed by atoms with E-state index in [0.29, 0.717) is 18.0 Å². The molecular weight excluding hydrogens is 396 g/mol. The van der Waals surface area contributed by atoms with Gasteiger partial charge in [-0.25, -0.2) is 9.59 Å². The van der Waals surface area contributed by atoms with Crippen molar-refractivity contribution in [2.24, 2.45) is 5.92 Å². The largest absolute Gasteiger partial charge is 0.444 e. The van der Waals surface area contributed by atoms with Gasteiger partial charge in [0.2, 0.25) is 0 Å². The van der Waals surface area contributed by atoms with Gasteiger partial charge in [0.1, 0.15) is 11.2 Å². The van der Waals surface area contributed by atoms with E-state index in [9.17, 15) is 9.59 Å². The van der Waals surface area contributed by atoms with Gasteiger partial charge in [-0.15, -0.1) is 0 Å². The van der Waals surface area contributed by atoms with Crippen LogP contribution in [0, 0.1) is 5.92 Å². The molecule has 0 bridgehead atoms. The molecule has 1 aromatic rings. The summed E-state index contributed by atoms with van der Waals surface area (Å²) in [6.45, 7) is 13.2. The topological polar surface area (TPSA) is 102 Å². The molecule has 1 aliphatic carbocycles. The fourth-order valence-corrected chi connectivity index (χ4v) is 4.17. The molecule has 4 atom stereocenters. The van der Waals surface area contributed by atoms with Crippen LogP contribution in [0.2, 0.25) is 0 Å². The number of nitrogens with one attached hydrogen (secondary N) is 3. The summed E-state index contributed by atoms with van der Waals surface area (Å²) in [5, 5.41) is 9.23. The average Bonchev–Trinajstić information content (AvgIpc) is 2.58. The van der Waals surface area contributed by atoms with Gasteiger partial charge in [0.25, 0.3) is 0 Å². The number of aromatic nitrogens is 1. The molecule has 2 amide bonds. The maximum absolute atomic E-state index is 12.4. The Morgan fingerprint density at radius 3 is 2.23 bits per heavy atom. The number of hydrogen-bond donors (Lipinski definition) is 3. The van der Waals surface area contributed by atoms with Crippen LogP contribution in [0.3, 0.4) is 0 Å². The molecule has 1 saturated carbocycles. The number of ether oxygens (including phenoxy) is 2. The van der Waals surface area contributed by atoms with Gasteiger partial charge in [0.15, 0.2) is 0 Å². The first kappa shape index (κ1) is 24.9. The highest BCUT2D eigenvalue weighted by molar-refractivity contribution is 5.85. The number of anilines is 1. The highest BCUT2D eigenvalue weighted by atomic mass is 16.6. The second kappa shape index (κ2) is 9.85. The highest BCUT2D eigenvalue weighted by Gasteiger charge is 2.37. The third-order valence-corrected chi connectivity index (χ3v) is 5.21. The van der Waals surface area contributed by atoms with E-state index in [2.05, 4.69) is 27.9 Å². The van der Waals surface area contributed by atoms with E-state index in [0.717, 1.165) is 12.0 Å². The molecule has 0 unspecified atom stereocenters. The molecule has 0 spiro atoms. The number of hydrogen-bond acceptors (Lipinski definition) is 6. The van der Waals surface area contributed by atoms with Gasteiger partial charge >= 0.3 is 12.2 Å². The highest BCUT2D eigenvalue weighted by Crippen LogP contribution is 2.39. The van der Waals surface area contributed by atoms with E-state index < -0.39 is 23.4 Å². The van der Waals surface area contributed by atoms with Crippen molar-refractivity contribution in [2.45, 2.75) is 90.5 Å². The van der Waals surface area contributed by atoms with E-state index in [1.54, 1.807) is 12.4 Å². The predicted octanol–water partition coefficient (Wildman–Crippen LogP) is 4.42. The maximum Gasteiger partial charge on any atom is 0.412 e. The van der Waals surface area contributed by atoms with Crippen LogP contribution in [0.1, 0.15) is 72.8 Å². The minimum Gasteiger partial charge on any atom is -0.444 e. The Labute approximate surface area is 185 Å². The quantitative estimate of drug-likeness (QED) is 0.648. The molecule has 0 radical (unpaired) electrons. The van der Waals surface area contributed by atoms with Crippen molar-refractivity contribution in [1.29, 1.82) is 0 Å². The van der Waals surface area contributed by atoms with Crippen LogP contribution >= 0.6 is 0 Å². The zero-order valence-electron chi connectivity index (χ0n) is 20.0. The fourth-order valence-electron chi connectivity index (χ4n) is 4.17. The van der Waals surface area contributed by atoms with Crippen molar-refractivity contribution in [3.05, 3.63) is 24.0 Å². The van der Waals surface area contributed by atoms with Gasteiger partial charge in [-0.2, -0.15) is 0 Å². The molecule has 1 heterocycles. The number of carbonyl (C=O) groups is 2. The number of pyridine rings is 1. The van der Waals surface area contributed by atoms with Crippen molar-refractivity contribution in [2.75, 3.05) is 12.4 Å². The Hall–Kier alpha value is -2.35. The minimum absolute atomic E-state index is 0.115. The summed E-state index contributed by atoms with van der Waals surface area (Å²) < 4.78 is 10.9. The van der Waals surface area contributed by atoms with E-state index >= 15 is 0 Å². The third-order valence-electron chi connectivity index (χ3n) is 5.21. The number of amides is 2. The van der Waals surface area contributed by atoms with Gasteiger partial charge in [0, 0.05) is 18.3 Å². The van der Waals surface area contributed by atoms with Crippen LogP contribution < -0.4 is 16.0 Å². The second-order valence-corrected chi connectivity index (χ2v) is 10.3. The van der Waals surface area contributed by atoms with Gasteiger partial charge < -0.3 is 20.1 Å². The number of carbonyl (C=O) groups excluding carboxylic acids is 2. The van der Waals surface area contributed by atoms with Crippen LogP contribution in [0.5, 0.6) is 0 Å². The Bertz CT molecular complexity index is 770. The zero-order chi connectivity index (χ0) is 23.4. The summed E-state index contributed by atoms with van der Waals surface area (Å²) in [5.41, 5.74) is 0.467. The fraction of sp³-hybridized carbons (Fsp3) is 0.696. The number of likely N-dealkylation sites (N-methyl/N-ethyl adjacent to an activating group) is 1. The molecule has 8 heteroatoms. The molecule has 0 aliphatic heterocycles. The zero-order valence-corrected chi connectivity index (χ0v) is 20.0. The Morgan fingerprint density at radius 1 is 1.03 bits per heavy atom. The molecule has 8 nitrogen and oxygen atoms in total. The molecule has 174 valence electrons. The van der Waals surface area contributed by atoms with Crippen LogP contribution in [0.15, 0.2) is 18.5 Å². The predicted molar refractivity (Wildman–Crippen MR) is 121 cm³/mol. The summed E-state index contributed by atoms with van der Waals surface area (Å²) in [6, 6.07) is 1.93. The van der Waals surface area contributed by atoms with Crippen molar-refractivity contribution in [3.8, 4) is 0 Å². The minimum atomic E-state index is -0.589. The summed E-state index contributed by atoms with van der Waals surface area (Å²) in [6.07, 6.45) is 4.05. The second-order valence-electron chi connectivity index (χ2n) is 10.3. The lowest BCUT2D eigenvalue weighted by Gasteiger charge is -2.41. The van der Waals surface area contributed by atoms with E-state index in [4.69, 9.17) is 9.47 Å². The Kier molecular flexibility index (Phi) is 7.92. The SMILES string of the molecule is CN[C@H]1[C@@H](C)C[C@@H](c2ccncc2NC(=O)OC(C)(C)C)C[C@H]1NC(=O)OC(C)(C)C. The molecule has 1 aliphatic rings. The van der Waals surface area contributed by atoms with Gasteiger partial charge in [0.05, 0.1) is 11.9 Å². The summed E-state index contributed by atoms with van der Waals surface area (Å²) in [7, 11) is 1.91. The van der Waals surface area contributed by atoms with E-state index in [-0.39, 0.29) is 18.0 Å². The third kappa shape index (κ3) is 7.69. The maximum atomic E-state index is 12.4. The standard InChI is InChI=1S/C23H38N4O4/c1-14-11-15(12-17(19(14)24-8)26-20(28)30-22(2,3)4)16-9-10-25-13-18(16)27-21(29)31-23(5,6)7/h9-10,13-15,17,19,24H,11-12H2,1-8H3,(H,26,28)(H,27,29)/t14-,15+,17+,19-/m0/s1. The summed E-state index contributed by atoms with van der Waals surface area (Å²) in [4.78, 5) is 28.9. The molecule has 0 saturated heterocycles. The van der Waals surface area contributed by atoms with Crippen molar-refractivity contribution in [1.82, 2.24) is 15.6 Å². The van der Waals surface area contributed by atoms with Gasteiger partial charge in [-0.1, -0.05) is 6.92 Å². The Balaban J connectivity index is 2.21. The summed E-state index contributed by atoms with van der Waals surface area (Å²) >= 11 is 0. The molecule has 1 aromatic heterocycles. The first-order chi connectivity index (χ1) is 14.3. The van der Waals surface area contributed by atoms with Crippen LogP contribution in [-0.2, 0) is 9.47 Å². The normalized spacial score (nSPS) is 24.3. The Morgan fingerprint density at radius 2 is 1.65 bits per heavy atom. The van der Waals surface area contributed by atoms with Gasteiger partial charge in [-0.3, -0.25) is 10.3 Å². The van der Waals surface area contributed by atoms with E-state index in [1.165, 1.54) is 0 Å². The van der Waals surface area contributed by atoms with Crippen molar-refractivity contribution < 1.29 is 19.1 Å². The van der Waals surface area contributed by atoms with Crippen LogP contribution in [0.4, 0.5) is 15.3 Å². The number of nitrogens with zero attached hydrogens (tertiary/aromatic N) is 1.